The molecule has 0 fully saturated rings. The van der Waals surface area contributed by atoms with Crippen molar-refractivity contribution in [1.82, 2.24) is 5.32 Å². The minimum atomic E-state index is -4.35. The molecule has 1 atom stereocenters. The van der Waals surface area contributed by atoms with E-state index in [4.69, 9.17) is 20.5 Å². The third-order valence-corrected chi connectivity index (χ3v) is 7.12. The van der Waals surface area contributed by atoms with Gasteiger partial charge in [0.25, 0.3) is 0 Å². The zero-order chi connectivity index (χ0) is 29.3. The van der Waals surface area contributed by atoms with Crippen molar-refractivity contribution in [2.45, 2.75) is 26.1 Å². The number of carbonyl (C=O) groups excluding carboxylic acids is 2. The third-order valence-electron chi connectivity index (χ3n) is 5.11. The summed E-state index contributed by atoms with van der Waals surface area (Å²) in [5.74, 6) is -1.83. The largest absolute Gasteiger partial charge is 0.465 e. The summed E-state index contributed by atoms with van der Waals surface area (Å²) in [5.41, 5.74) is 12.8. The number of rotatable bonds is 11. The van der Waals surface area contributed by atoms with E-state index in [9.17, 15) is 24.1 Å². The highest BCUT2D eigenvalue weighted by Crippen LogP contribution is 2.53. The van der Waals surface area contributed by atoms with Gasteiger partial charge in [-0.2, -0.15) is 0 Å². The van der Waals surface area contributed by atoms with Gasteiger partial charge in [-0.3, -0.25) is 9.59 Å². The minimum absolute atomic E-state index is 0.0837. The molecular weight excluding hydrogens is 539 g/mol. The molecule has 0 saturated heterocycles. The quantitative estimate of drug-likeness (QED) is 0.112. The smallest absolute Gasteiger partial charge is 0.453 e. The number of hydrogen-bond donors (Lipinski definition) is 6. The molecule has 0 bridgehead atoms. The summed E-state index contributed by atoms with van der Waals surface area (Å²) < 4.78 is 26.1. The second-order valence-electron chi connectivity index (χ2n) is 8.51. The Labute approximate surface area is 230 Å². The molecule has 0 spiro atoms. The lowest BCUT2D eigenvalue weighted by Gasteiger charge is -2.27. The SMILES string of the molecule is CC(=O)Nc1ccc(OP(=O)(Oc2ccc(NC(C)=O)cc2)C(Cc2ccc(N=C(N)N)cc2)NC(=O)O)cc1. The molecule has 3 amide bonds. The fourth-order valence-electron chi connectivity index (χ4n) is 3.51. The lowest BCUT2D eigenvalue weighted by Crippen LogP contribution is -2.37. The molecule has 1 unspecified atom stereocenters. The number of hydrogen-bond acceptors (Lipinski definition) is 7. The monoisotopic (exact) mass is 568 g/mol. The van der Waals surface area contributed by atoms with Crippen molar-refractivity contribution in [3.63, 3.8) is 0 Å². The van der Waals surface area contributed by atoms with Crippen LogP contribution < -0.4 is 36.5 Å². The molecule has 3 aromatic rings. The summed E-state index contributed by atoms with van der Waals surface area (Å²) in [5, 5.41) is 17.0. The van der Waals surface area contributed by atoms with E-state index in [2.05, 4.69) is 20.9 Å². The Hall–Kier alpha value is -5.03. The molecular formula is C26H29N6O7P. The number of nitrogens with zero attached hydrogens (tertiary/aromatic N) is 1. The Kier molecular flexibility index (Phi) is 9.71. The lowest BCUT2D eigenvalue weighted by molar-refractivity contribution is -0.115. The number of carbonyl (C=O) groups is 3. The summed E-state index contributed by atoms with van der Waals surface area (Å²) in [6, 6.07) is 18.5. The van der Waals surface area contributed by atoms with E-state index in [1.54, 1.807) is 24.3 Å². The van der Waals surface area contributed by atoms with E-state index in [1.807, 2.05) is 0 Å². The maximum absolute atomic E-state index is 14.4. The molecule has 40 heavy (non-hydrogen) atoms. The molecule has 0 aliphatic carbocycles. The first kappa shape index (κ1) is 29.5. The van der Waals surface area contributed by atoms with Crippen LogP contribution in [0.4, 0.5) is 21.9 Å². The number of guanidine groups is 1. The number of carboxylic acid groups (broad SMARTS) is 1. The van der Waals surface area contributed by atoms with Crippen LogP contribution in [0.15, 0.2) is 77.8 Å². The topological polar surface area (TPSA) is 207 Å². The highest BCUT2D eigenvalue weighted by atomic mass is 31.2. The average molecular weight is 569 g/mol. The predicted octanol–water partition coefficient (Wildman–Crippen LogP) is 4.00. The van der Waals surface area contributed by atoms with Gasteiger partial charge in [0.15, 0.2) is 11.7 Å². The minimum Gasteiger partial charge on any atom is -0.465 e. The number of amides is 3. The Bertz CT molecular complexity index is 1360. The standard InChI is InChI=1S/C26H29N6O7P/c1-16(33)29-19-7-11-22(12-8-19)38-40(37,39-23-13-9-20(10-14-23)30-17(2)34)24(32-26(35)36)15-18-3-5-21(6-4-18)31-25(27)28/h3-14,24,32H,15H2,1-2H3,(H,29,33)(H,30,34)(H,35,36)(H4,27,28,31). The van der Waals surface area contributed by atoms with E-state index >= 15 is 0 Å². The highest BCUT2D eigenvalue weighted by Gasteiger charge is 2.41. The molecule has 0 aliphatic heterocycles. The van der Waals surface area contributed by atoms with Gasteiger partial charge in [0.05, 0.1) is 5.69 Å². The number of anilines is 2. The predicted molar refractivity (Wildman–Crippen MR) is 151 cm³/mol. The van der Waals surface area contributed by atoms with Crippen LogP contribution in [0, 0.1) is 0 Å². The number of aliphatic imine (C=N–C) groups is 1. The molecule has 0 heterocycles. The van der Waals surface area contributed by atoms with Crippen LogP contribution in [0.2, 0.25) is 0 Å². The first-order valence-electron chi connectivity index (χ1n) is 11.8. The molecule has 3 aromatic carbocycles. The summed E-state index contributed by atoms with van der Waals surface area (Å²) in [4.78, 5) is 38.4. The molecule has 3 rings (SSSR count). The van der Waals surface area contributed by atoms with Crippen LogP contribution in [-0.4, -0.2) is 34.8 Å². The Balaban J connectivity index is 1.97. The highest BCUT2D eigenvalue weighted by molar-refractivity contribution is 7.55. The van der Waals surface area contributed by atoms with E-state index in [-0.39, 0.29) is 35.7 Å². The van der Waals surface area contributed by atoms with Crippen molar-refractivity contribution < 1.29 is 33.1 Å². The molecule has 13 nitrogen and oxygen atoms in total. The fourth-order valence-corrected chi connectivity index (χ4v) is 5.33. The van der Waals surface area contributed by atoms with E-state index < -0.39 is 19.5 Å². The zero-order valence-electron chi connectivity index (χ0n) is 21.7. The normalized spacial score (nSPS) is 11.4. The van der Waals surface area contributed by atoms with E-state index in [0.717, 1.165) is 0 Å². The summed E-state index contributed by atoms with van der Waals surface area (Å²) in [6.07, 6.45) is -1.53. The zero-order valence-corrected chi connectivity index (χ0v) is 22.6. The molecule has 210 valence electrons. The fraction of sp³-hybridized carbons (Fsp3) is 0.154. The van der Waals surface area contributed by atoms with Crippen molar-refractivity contribution in [3.8, 4) is 11.5 Å². The van der Waals surface area contributed by atoms with Crippen LogP contribution in [-0.2, 0) is 20.6 Å². The second-order valence-corrected chi connectivity index (χ2v) is 10.6. The first-order valence-corrected chi connectivity index (χ1v) is 13.5. The molecule has 0 aliphatic rings. The van der Waals surface area contributed by atoms with Gasteiger partial charge >= 0.3 is 13.7 Å². The second kappa shape index (κ2) is 13.2. The number of nitrogens with one attached hydrogen (secondary N) is 3. The van der Waals surface area contributed by atoms with Crippen molar-refractivity contribution in [1.29, 1.82) is 0 Å². The van der Waals surface area contributed by atoms with Crippen molar-refractivity contribution in [2.75, 3.05) is 10.6 Å². The van der Waals surface area contributed by atoms with Crippen molar-refractivity contribution in [3.05, 3.63) is 78.4 Å². The Morgan fingerprint density at radius 3 is 1.65 bits per heavy atom. The van der Waals surface area contributed by atoms with Crippen LogP contribution in [0.1, 0.15) is 19.4 Å². The van der Waals surface area contributed by atoms with Crippen LogP contribution >= 0.6 is 7.60 Å². The molecule has 0 radical (unpaired) electrons. The van der Waals surface area contributed by atoms with Crippen molar-refractivity contribution >= 4 is 48.5 Å². The van der Waals surface area contributed by atoms with Gasteiger partial charge < -0.3 is 41.6 Å². The van der Waals surface area contributed by atoms with Crippen LogP contribution in [0.25, 0.3) is 0 Å². The van der Waals surface area contributed by atoms with Gasteiger partial charge in [-0.1, -0.05) is 12.1 Å². The lowest BCUT2D eigenvalue weighted by atomic mass is 10.1. The summed E-state index contributed by atoms with van der Waals surface area (Å²) >= 11 is 0. The Morgan fingerprint density at radius 1 is 0.825 bits per heavy atom. The van der Waals surface area contributed by atoms with Gasteiger partial charge in [0, 0.05) is 31.6 Å². The summed E-state index contributed by atoms with van der Waals surface area (Å²) in [6.45, 7) is 2.71. The van der Waals surface area contributed by atoms with Crippen molar-refractivity contribution in [2.24, 2.45) is 16.5 Å². The molecule has 8 N–H and O–H groups in total. The van der Waals surface area contributed by atoms with Crippen LogP contribution in [0.5, 0.6) is 11.5 Å². The average Bonchev–Trinajstić information content (AvgIpc) is 2.86. The van der Waals surface area contributed by atoms with E-state index in [1.165, 1.54) is 62.4 Å². The molecule has 14 heteroatoms. The van der Waals surface area contributed by atoms with Gasteiger partial charge in [-0.25, -0.2) is 14.4 Å². The van der Waals surface area contributed by atoms with Gasteiger partial charge in [-0.05, 0) is 66.2 Å². The van der Waals surface area contributed by atoms with E-state index in [0.29, 0.717) is 22.6 Å². The van der Waals surface area contributed by atoms with Gasteiger partial charge in [0.1, 0.15) is 11.5 Å². The number of nitrogens with two attached hydrogens (primary N) is 2. The van der Waals surface area contributed by atoms with Crippen LogP contribution in [0.3, 0.4) is 0 Å². The Morgan fingerprint density at radius 2 is 1.27 bits per heavy atom. The maximum Gasteiger partial charge on any atom is 0.453 e. The number of benzene rings is 3. The maximum atomic E-state index is 14.4. The third kappa shape index (κ3) is 9.07. The first-order chi connectivity index (χ1) is 18.9. The molecule has 0 aromatic heterocycles. The summed E-state index contributed by atoms with van der Waals surface area (Å²) in [7, 11) is -4.35. The van der Waals surface area contributed by atoms with Gasteiger partial charge in [-0.15, -0.1) is 0 Å². The molecule has 0 saturated carbocycles. The van der Waals surface area contributed by atoms with Gasteiger partial charge in [0.2, 0.25) is 11.8 Å².